The highest BCUT2D eigenvalue weighted by Gasteiger charge is 2.21. The van der Waals surface area contributed by atoms with E-state index in [9.17, 15) is 4.79 Å². The minimum Gasteiger partial charge on any atom is -0.335 e. The number of thiophene rings is 1. The van der Waals surface area contributed by atoms with Gasteiger partial charge in [0, 0.05) is 34.8 Å². The molecule has 6 aromatic heterocycles. The van der Waals surface area contributed by atoms with Gasteiger partial charge in [-0.25, -0.2) is 9.37 Å². The van der Waals surface area contributed by atoms with E-state index in [1.165, 1.54) is 18.6 Å². The van der Waals surface area contributed by atoms with Gasteiger partial charge in [-0.2, -0.15) is 5.10 Å². The molecule has 0 atom stereocenters. The van der Waals surface area contributed by atoms with E-state index in [4.69, 9.17) is 4.98 Å². The number of nitrogens with one attached hydrogen (secondary N) is 3. The van der Waals surface area contributed by atoms with Crippen molar-refractivity contribution in [1.82, 2.24) is 35.1 Å². The average molecular weight is 513 g/mol. The third kappa shape index (κ3) is 4.23. The average Bonchev–Trinajstić information content (AvgIpc) is 3.67. The molecule has 6 heterocycles. The zero-order valence-electron chi connectivity index (χ0n) is 19.7. The van der Waals surface area contributed by atoms with Crippen molar-refractivity contribution in [3.63, 3.8) is 0 Å². The van der Waals surface area contributed by atoms with Crippen molar-refractivity contribution in [2.24, 2.45) is 0 Å². The number of hydrogen-bond donors (Lipinski definition) is 3. The molecule has 184 valence electrons. The molecule has 0 radical (unpaired) electrons. The molecule has 6 rings (SSSR count). The fraction of sp³-hybridized carbons (Fsp3) is 0.154. The first-order valence-corrected chi connectivity index (χ1v) is 12.7. The van der Waals surface area contributed by atoms with Crippen molar-refractivity contribution < 1.29 is 9.18 Å². The standard InChI is InChI=1S/C26H21FN8OS/c1-2-3-6-20(36)31-15-8-14(9-28-10-15)23-22(27)21-17(13-30-23)34-35-25(21)26-32-18-12-29-11-16(24(18)33-26)19-5-4-7-37-19/h4-5,7-13H,2-3,6H2,1H3,(H,31,36)(H,32,33)(H,34,35). The lowest BCUT2D eigenvalue weighted by molar-refractivity contribution is -0.116. The van der Waals surface area contributed by atoms with Gasteiger partial charge in [-0.05, 0) is 23.9 Å². The molecular weight excluding hydrogens is 491 g/mol. The maximum Gasteiger partial charge on any atom is 0.224 e. The minimum absolute atomic E-state index is 0.101. The summed E-state index contributed by atoms with van der Waals surface area (Å²) in [4.78, 5) is 34.0. The number of pyridine rings is 3. The number of hydrogen-bond acceptors (Lipinski definition) is 7. The van der Waals surface area contributed by atoms with Crippen molar-refractivity contribution in [3.05, 3.63) is 60.4 Å². The number of nitrogens with zero attached hydrogens (tertiary/aromatic N) is 5. The summed E-state index contributed by atoms with van der Waals surface area (Å²) in [6.45, 7) is 2.02. The number of H-pyrrole nitrogens is 2. The first kappa shape index (κ1) is 22.9. The van der Waals surface area contributed by atoms with Gasteiger partial charge in [0.1, 0.15) is 16.9 Å². The van der Waals surface area contributed by atoms with E-state index in [-0.39, 0.29) is 17.0 Å². The number of anilines is 1. The molecular formula is C26H21FN8OS. The van der Waals surface area contributed by atoms with Crippen molar-refractivity contribution in [3.8, 4) is 33.2 Å². The molecule has 0 fully saturated rings. The molecule has 0 bridgehead atoms. The number of unbranched alkanes of at least 4 members (excludes halogenated alkanes) is 1. The molecule has 9 nitrogen and oxygen atoms in total. The van der Waals surface area contributed by atoms with E-state index in [2.05, 4.69) is 35.5 Å². The van der Waals surface area contributed by atoms with Gasteiger partial charge >= 0.3 is 0 Å². The molecule has 3 N–H and O–H groups in total. The van der Waals surface area contributed by atoms with E-state index >= 15 is 4.39 Å². The topological polar surface area (TPSA) is 125 Å². The molecule has 0 aromatic carbocycles. The Labute approximate surface area is 214 Å². The molecule has 0 saturated heterocycles. The zero-order valence-corrected chi connectivity index (χ0v) is 20.6. The Morgan fingerprint density at radius 1 is 1.11 bits per heavy atom. The second-order valence-electron chi connectivity index (χ2n) is 8.54. The summed E-state index contributed by atoms with van der Waals surface area (Å²) >= 11 is 1.59. The molecule has 0 unspecified atom stereocenters. The summed E-state index contributed by atoms with van der Waals surface area (Å²) < 4.78 is 16.0. The van der Waals surface area contributed by atoms with Crippen LogP contribution in [0.3, 0.4) is 0 Å². The van der Waals surface area contributed by atoms with Crippen LogP contribution in [-0.4, -0.2) is 41.0 Å². The Bertz CT molecular complexity index is 1740. The molecule has 0 saturated carbocycles. The van der Waals surface area contributed by atoms with Crippen LogP contribution in [0.1, 0.15) is 26.2 Å². The molecule has 0 spiro atoms. The fourth-order valence-electron chi connectivity index (χ4n) is 4.20. The van der Waals surface area contributed by atoms with Crippen LogP contribution >= 0.6 is 11.3 Å². The smallest absolute Gasteiger partial charge is 0.224 e. The number of aromatic amines is 2. The van der Waals surface area contributed by atoms with Gasteiger partial charge in [0.25, 0.3) is 0 Å². The predicted molar refractivity (Wildman–Crippen MR) is 141 cm³/mol. The van der Waals surface area contributed by atoms with Gasteiger partial charge in [-0.3, -0.25) is 24.8 Å². The molecule has 0 aliphatic heterocycles. The Morgan fingerprint density at radius 3 is 2.84 bits per heavy atom. The van der Waals surface area contributed by atoms with E-state index < -0.39 is 5.82 Å². The third-order valence-electron chi connectivity index (χ3n) is 6.00. The van der Waals surface area contributed by atoms with Crippen molar-refractivity contribution in [1.29, 1.82) is 0 Å². The predicted octanol–water partition coefficient (Wildman–Crippen LogP) is 5.95. The van der Waals surface area contributed by atoms with Crippen molar-refractivity contribution in [2.75, 3.05) is 5.32 Å². The van der Waals surface area contributed by atoms with Crippen LogP contribution in [0.5, 0.6) is 0 Å². The number of amides is 1. The number of rotatable bonds is 7. The fourth-order valence-corrected chi connectivity index (χ4v) is 4.94. The quantitative estimate of drug-likeness (QED) is 0.243. The molecule has 1 amide bonds. The van der Waals surface area contributed by atoms with E-state index in [0.717, 1.165) is 34.3 Å². The second-order valence-corrected chi connectivity index (χ2v) is 9.49. The molecule has 6 aromatic rings. The second kappa shape index (κ2) is 9.51. The number of carbonyl (C=O) groups is 1. The number of halogens is 1. The number of aromatic nitrogens is 7. The highest BCUT2D eigenvalue weighted by atomic mass is 32.1. The molecule has 37 heavy (non-hydrogen) atoms. The Hall–Kier alpha value is -4.51. The normalized spacial score (nSPS) is 11.4. The largest absolute Gasteiger partial charge is 0.335 e. The monoisotopic (exact) mass is 512 g/mol. The van der Waals surface area contributed by atoms with Crippen molar-refractivity contribution in [2.45, 2.75) is 26.2 Å². The molecule has 0 aliphatic carbocycles. The summed E-state index contributed by atoms with van der Waals surface area (Å²) in [5.74, 6) is -0.254. The summed E-state index contributed by atoms with van der Waals surface area (Å²) in [5.41, 5.74) is 4.14. The summed E-state index contributed by atoms with van der Waals surface area (Å²) in [7, 11) is 0. The Morgan fingerprint density at radius 2 is 2.00 bits per heavy atom. The highest BCUT2D eigenvalue weighted by Crippen LogP contribution is 2.35. The number of fused-ring (bicyclic) bond motifs is 2. The SMILES string of the molecule is CCCCC(=O)Nc1cncc(-c2ncc3[nH]nc(-c4nc5c(-c6cccs6)cncc5[nH]4)c3c2F)c1. The molecule has 0 aliphatic rings. The first-order valence-electron chi connectivity index (χ1n) is 11.8. The third-order valence-corrected chi connectivity index (χ3v) is 6.91. The van der Waals surface area contributed by atoms with Crippen LogP contribution in [0.4, 0.5) is 10.1 Å². The van der Waals surface area contributed by atoms with E-state index in [0.29, 0.717) is 34.7 Å². The maximum absolute atomic E-state index is 16.0. The summed E-state index contributed by atoms with van der Waals surface area (Å²) in [6, 6.07) is 5.64. The van der Waals surface area contributed by atoms with Gasteiger partial charge in [-0.15, -0.1) is 11.3 Å². The van der Waals surface area contributed by atoms with Gasteiger partial charge in [0.05, 0.1) is 40.7 Å². The minimum atomic E-state index is -0.561. The highest BCUT2D eigenvalue weighted by molar-refractivity contribution is 7.13. The number of carbonyl (C=O) groups excluding carboxylic acids is 1. The van der Waals surface area contributed by atoms with Crippen LogP contribution in [0, 0.1) is 5.82 Å². The van der Waals surface area contributed by atoms with E-state index in [1.807, 2.05) is 24.4 Å². The van der Waals surface area contributed by atoms with Crippen LogP contribution in [0.15, 0.2) is 54.6 Å². The van der Waals surface area contributed by atoms with Gasteiger partial charge in [0.15, 0.2) is 11.6 Å². The lowest BCUT2D eigenvalue weighted by atomic mass is 10.1. The van der Waals surface area contributed by atoms with Crippen LogP contribution in [-0.2, 0) is 4.79 Å². The van der Waals surface area contributed by atoms with Crippen molar-refractivity contribution >= 4 is 44.9 Å². The summed E-state index contributed by atoms with van der Waals surface area (Å²) in [5, 5.41) is 12.3. The van der Waals surface area contributed by atoms with E-state index in [1.54, 1.807) is 29.8 Å². The van der Waals surface area contributed by atoms with Gasteiger partial charge in [-0.1, -0.05) is 19.4 Å². The van der Waals surface area contributed by atoms with Crippen LogP contribution < -0.4 is 5.32 Å². The van der Waals surface area contributed by atoms with Crippen LogP contribution in [0.25, 0.3) is 55.2 Å². The number of imidazole rings is 1. The zero-order chi connectivity index (χ0) is 25.4. The molecule has 11 heteroatoms. The maximum atomic E-state index is 16.0. The summed E-state index contributed by atoms with van der Waals surface area (Å²) in [6.07, 6.45) is 10.2. The first-order chi connectivity index (χ1) is 18.1. The van der Waals surface area contributed by atoms with Gasteiger partial charge in [0.2, 0.25) is 5.91 Å². The lowest BCUT2D eigenvalue weighted by Gasteiger charge is -2.08. The Kier molecular flexibility index (Phi) is 5.89. The van der Waals surface area contributed by atoms with Crippen LogP contribution in [0.2, 0.25) is 0 Å². The lowest BCUT2D eigenvalue weighted by Crippen LogP contribution is -2.11. The Balaban J connectivity index is 1.41. The van der Waals surface area contributed by atoms with Gasteiger partial charge < -0.3 is 10.3 Å².